The minimum atomic E-state index is -4.98. The van der Waals surface area contributed by atoms with Gasteiger partial charge < -0.3 is 19.5 Å². The van der Waals surface area contributed by atoms with Crippen molar-refractivity contribution in [2.75, 3.05) is 11.9 Å². The summed E-state index contributed by atoms with van der Waals surface area (Å²) in [6, 6.07) is 28.6. The highest BCUT2D eigenvalue weighted by molar-refractivity contribution is 5.86. The van der Waals surface area contributed by atoms with Gasteiger partial charge in [-0.2, -0.15) is 0 Å². The Hall–Kier alpha value is -5.85. The number of anilines is 1. The van der Waals surface area contributed by atoms with Crippen LogP contribution in [0.25, 0.3) is 6.08 Å². The van der Waals surface area contributed by atoms with Gasteiger partial charge in [-0.25, -0.2) is 14.8 Å². The number of rotatable bonds is 13. The van der Waals surface area contributed by atoms with E-state index < -0.39 is 35.6 Å². The van der Waals surface area contributed by atoms with E-state index in [9.17, 15) is 31.1 Å². The molecule has 0 aliphatic carbocycles. The average Bonchev–Trinajstić information content (AvgIpc) is 3.08. The summed E-state index contributed by atoms with van der Waals surface area (Å²) in [6.45, 7) is 0.0123. The van der Waals surface area contributed by atoms with Crippen LogP contribution in [0.1, 0.15) is 27.8 Å². The second-order valence-electron chi connectivity index (χ2n) is 11.0. The van der Waals surface area contributed by atoms with Crippen molar-refractivity contribution in [1.29, 1.82) is 0 Å². The lowest BCUT2D eigenvalue weighted by Crippen LogP contribution is -2.38. The third-order valence-electron chi connectivity index (χ3n) is 7.45. The molecule has 0 spiro atoms. The van der Waals surface area contributed by atoms with Crippen molar-refractivity contribution in [3.05, 3.63) is 155 Å². The molecular weight excluding hydrogens is 664 g/mol. The number of hydrogen-bond donors (Lipinski definition) is 1. The summed E-state index contributed by atoms with van der Waals surface area (Å²) in [5.74, 6) is -1.48. The number of ether oxygens (including phenoxy) is 3. The van der Waals surface area contributed by atoms with E-state index in [4.69, 9.17) is 4.74 Å². The number of carbonyl (C=O) groups is 1. The number of carbonyl (C=O) groups excluding carboxylic acids is 1. The van der Waals surface area contributed by atoms with E-state index in [-0.39, 0.29) is 25.5 Å². The molecule has 0 aliphatic rings. The zero-order valence-corrected chi connectivity index (χ0v) is 26.1. The predicted octanol–water partition coefficient (Wildman–Crippen LogP) is 8.67. The van der Waals surface area contributed by atoms with Crippen molar-refractivity contribution in [2.45, 2.75) is 31.2 Å². The van der Waals surface area contributed by atoms with Crippen molar-refractivity contribution >= 4 is 18.0 Å². The molecule has 1 heterocycles. The first-order valence-corrected chi connectivity index (χ1v) is 15.1. The maximum Gasteiger partial charge on any atom is 0.573 e. The molecule has 50 heavy (non-hydrogen) atoms. The highest BCUT2D eigenvalue weighted by Gasteiger charge is 2.38. The molecule has 258 valence electrons. The predicted molar refractivity (Wildman–Crippen MR) is 173 cm³/mol. The van der Waals surface area contributed by atoms with E-state index in [1.165, 1.54) is 48.8 Å². The molecule has 4 aromatic carbocycles. The quantitative estimate of drug-likeness (QED) is 0.0751. The van der Waals surface area contributed by atoms with Crippen LogP contribution >= 0.6 is 0 Å². The average molecular weight is 694 g/mol. The van der Waals surface area contributed by atoms with Crippen LogP contribution in [-0.2, 0) is 28.0 Å². The first-order valence-electron chi connectivity index (χ1n) is 15.1. The number of nitrogens with zero attached hydrogens (tertiary/aromatic N) is 2. The first-order chi connectivity index (χ1) is 23.9. The van der Waals surface area contributed by atoms with E-state index in [1.807, 2.05) is 30.3 Å². The largest absolute Gasteiger partial charge is 0.573 e. The van der Waals surface area contributed by atoms with Crippen LogP contribution in [0, 0.1) is 0 Å². The third kappa shape index (κ3) is 10.3. The molecule has 0 bridgehead atoms. The molecular formula is C37H29F6N3O4. The number of aromatic nitrogens is 2. The molecule has 13 heteroatoms. The summed E-state index contributed by atoms with van der Waals surface area (Å²) < 4.78 is 93.2. The van der Waals surface area contributed by atoms with Gasteiger partial charge in [-0.3, -0.25) is 0 Å². The van der Waals surface area contributed by atoms with Crippen LogP contribution in [0.3, 0.4) is 0 Å². The number of esters is 1. The van der Waals surface area contributed by atoms with Gasteiger partial charge in [-0.1, -0.05) is 84.9 Å². The fourth-order valence-electron chi connectivity index (χ4n) is 5.25. The molecule has 0 unspecified atom stereocenters. The molecule has 1 N–H and O–H groups in total. The van der Waals surface area contributed by atoms with Gasteiger partial charge in [0, 0.05) is 36.0 Å². The van der Waals surface area contributed by atoms with Crippen molar-refractivity contribution in [3.63, 3.8) is 0 Å². The maximum atomic E-state index is 13.3. The Morgan fingerprint density at radius 1 is 0.680 bits per heavy atom. The fraction of sp³-hybridized carbons (Fsp3) is 0.162. The van der Waals surface area contributed by atoms with Crippen LogP contribution in [0.5, 0.6) is 11.5 Å². The van der Waals surface area contributed by atoms with Crippen LogP contribution in [0.2, 0.25) is 0 Å². The third-order valence-corrected chi connectivity index (χ3v) is 7.45. The summed E-state index contributed by atoms with van der Waals surface area (Å²) in [5, 5.41) is 3.10. The second-order valence-corrected chi connectivity index (χ2v) is 11.0. The van der Waals surface area contributed by atoms with Gasteiger partial charge in [0.1, 0.15) is 18.1 Å². The molecule has 0 saturated heterocycles. The highest BCUT2D eigenvalue weighted by Crippen LogP contribution is 2.40. The molecule has 0 amide bonds. The highest BCUT2D eigenvalue weighted by atomic mass is 19.4. The lowest BCUT2D eigenvalue weighted by atomic mass is 9.70. The topological polar surface area (TPSA) is 82.6 Å². The van der Waals surface area contributed by atoms with E-state index in [0.717, 1.165) is 23.3 Å². The normalized spacial score (nSPS) is 12.0. The molecule has 0 aliphatic heterocycles. The van der Waals surface area contributed by atoms with Crippen LogP contribution < -0.4 is 14.8 Å². The van der Waals surface area contributed by atoms with Gasteiger partial charge in [0.15, 0.2) is 0 Å². The number of benzene rings is 4. The number of hydrogen-bond acceptors (Lipinski definition) is 7. The second kappa shape index (κ2) is 15.6. The van der Waals surface area contributed by atoms with Crippen molar-refractivity contribution in [2.24, 2.45) is 0 Å². The zero-order chi connectivity index (χ0) is 35.6. The molecule has 0 radical (unpaired) electrons. The van der Waals surface area contributed by atoms with Gasteiger partial charge >= 0.3 is 18.7 Å². The van der Waals surface area contributed by atoms with Gasteiger partial charge in [0.25, 0.3) is 0 Å². The smallest absolute Gasteiger partial charge is 0.458 e. The molecule has 0 saturated carbocycles. The van der Waals surface area contributed by atoms with Gasteiger partial charge in [-0.05, 0) is 59.0 Å². The van der Waals surface area contributed by atoms with E-state index in [0.29, 0.717) is 16.7 Å². The Kier molecular flexibility index (Phi) is 11.0. The summed E-state index contributed by atoms with van der Waals surface area (Å²) in [5.41, 5.74) is 1.31. The standard InChI is InChI=1S/C37H29F6N3O4/c38-36(39,40)49-31-15-7-13-29(19-31)35(21-26-9-3-1-4-10-26,30-14-8-16-32(20-30)50-37(41,42)43)25-46-34-44-22-28(23-45-34)17-18-33(47)48-24-27-11-5-2-6-12-27/h1-20,22-23H,21,24-25H2,(H,44,45,46). The number of nitrogens with one attached hydrogen (secondary N) is 1. The SMILES string of the molecule is O=C(C=Cc1cnc(NCC(Cc2ccccc2)(c2cccc(OC(F)(F)F)c2)c2cccc(OC(F)(F)F)c2)nc1)OCc1ccccc1. The molecule has 5 rings (SSSR count). The van der Waals surface area contributed by atoms with E-state index >= 15 is 0 Å². The minimum Gasteiger partial charge on any atom is -0.458 e. The van der Waals surface area contributed by atoms with E-state index in [1.54, 1.807) is 42.5 Å². The molecule has 1 aromatic heterocycles. The summed E-state index contributed by atoms with van der Waals surface area (Å²) in [4.78, 5) is 20.8. The summed E-state index contributed by atoms with van der Waals surface area (Å²) in [6.07, 6.45) is -4.28. The van der Waals surface area contributed by atoms with Gasteiger partial charge in [0.05, 0.1) is 0 Å². The lowest BCUT2D eigenvalue weighted by Gasteiger charge is -2.36. The van der Waals surface area contributed by atoms with Crippen LogP contribution in [-0.4, -0.2) is 35.2 Å². The summed E-state index contributed by atoms with van der Waals surface area (Å²) in [7, 11) is 0. The first kappa shape index (κ1) is 35.5. The molecule has 0 fully saturated rings. The Morgan fingerprint density at radius 2 is 1.20 bits per heavy atom. The Bertz CT molecular complexity index is 1820. The van der Waals surface area contributed by atoms with Crippen LogP contribution in [0.4, 0.5) is 32.3 Å². The number of alkyl halides is 6. The van der Waals surface area contributed by atoms with Gasteiger partial charge in [-0.15, -0.1) is 26.3 Å². The Balaban J connectivity index is 1.46. The zero-order valence-electron chi connectivity index (χ0n) is 26.1. The minimum absolute atomic E-state index is 0.0894. The number of halogens is 6. The van der Waals surface area contributed by atoms with E-state index in [2.05, 4.69) is 24.8 Å². The van der Waals surface area contributed by atoms with Crippen LogP contribution in [0.15, 0.2) is 128 Å². The van der Waals surface area contributed by atoms with Crippen molar-refractivity contribution < 1.29 is 45.3 Å². The molecule has 7 nitrogen and oxygen atoms in total. The monoisotopic (exact) mass is 693 g/mol. The van der Waals surface area contributed by atoms with Gasteiger partial charge in [0.2, 0.25) is 5.95 Å². The molecule has 0 atom stereocenters. The molecule has 5 aromatic rings. The maximum absolute atomic E-state index is 13.3. The van der Waals surface area contributed by atoms with Crippen molar-refractivity contribution in [3.8, 4) is 11.5 Å². The van der Waals surface area contributed by atoms with Crippen molar-refractivity contribution in [1.82, 2.24) is 9.97 Å². The Labute approximate surface area is 283 Å². The Morgan fingerprint density at radius 3 is 1.72 bits per heavy atom. The lowest BCUT2D eigenvalue weighted by molar-refractivity contribution is -0.275. The summed E-state index contributed by atoms with van der Waals surface area (Å²) >= 11 is 0. The fourth-order valence-corrected chi connectivity index (χ4v) is 5.25.